The summed E-state index contributed by atoms with van der Waals surface area (Å²) in [6.07, 6.45) is 0. The average molecular weight is 295 g/mol. The number of hydrogen-bond acceptors (Lipinski definition) is 3. The van der Waals surface area contributed by atoms with Crippen molar-refractivity contribution in [1.82, 2.24) is 0 Å². The number of carbonyl (C=O) groups is 2. The Bertz CT molecular complexity index is 525. The van der Waals surface area contributed by atoms with Gasteiger partial charge in [0.15, 0.2) is 0 Å². The molecule has 0 saturated carbocycles. The molecule has 1 amide bonds. The minimum absolute atomic E-state index is 0.282. The Morgan fingerprint density at radius 2 is 2.12 bits per heavy atom. The van der Waals surface area contributed by atoms with Crippen molar-refractivity contribution in [2.24, 2.45) is 5.73 Å². The lowest BCUT2D eigenvalue weighted by Gasteiger charge is -2.17. The number of hydrogen-bond donors (Lipinski definition) is 1. The first-order valence-corrected chi connectivity index (χ1v) is 5.86. The molecule has 17 heavy (non-hydrogen) atoms. The molecule has 0 aromatic heterocycles. The number of ketones is 1. The van der Waals surface area contributed by atoms with Crippen LogP contribution in [0.4, 0.5) is 5.69 Å². The third-order valence-corrected chi connectivity index (χ3v) is 3.10. The van der Waals surface area contributed by atoms with Crippen molar-refractivity contribution in [3.05, 3.63) is 40.4 Å². The summed E-state index contributed by atoms with van der Waals surface area (Å²) in [5.41, 5.74) is 7.20. The Balaban J connectivity index is 2.42. The SMILES string of the molecule is C=C(CN)CN1C(=O)C(=O)c2ccc(Br)cc21. The van der Waals surface area contributed by atoms with Gasteiger partial charge in [-0.15, -0.1) is 0 Å². The molecule has 0 fully saturated rings. The van der Waals surface area contributed by atoms with Crippen LogP contribution in [0.3, 0.4) is 0 Å². The van der Waals surface area contributed by atoms with E-state index < -0.39 is 11.7 Å². The molecule has 2 rings (SSSR count). The number of anilines is 1. The van der Waals surface area contributed by atoms with Crippen LogP contribution in [-0.2, 0) is 4.79 Å². The lowest BCUT2D eigenvalue weighted by atomic mass is 10.1. The minimum Gasteiger partial charge on any atom is -0.327 e. The third kappa shape index (κ3) is 2.03. The van der Waals surface area contributed by atoms with Crippen LogP contribution in [0.15, 0.2) is 34.8 Å². The molecule has 1 aliphatic heterocycles. The Hall–Kier alpha value is -1.46. The Morgan fingerprint density at radius 3 is 2.76 bits per heavy atom. The van der Waals surface area contributed by atoms with E-state index in [1.807, 2.05) is 0 Å². The van der Waals surface area contributed by atoms with Crippen molar-refractivity contribution in [2.45, 2.75) is 0 Å². The van der Waals surface area contributed by atoms with Gasteiger partial charge in [-0.3, -0.25) is 9.59 Å². The van der Waals surface area contributed by atoms with E-state index in [1.54, 1.807) is 18.2 Å². The zero-order chi connectivity index (χ0) is 12.6. The zero-order valence-electron chi connectivity index (χ0n) is 9.07. The van der Waals surface area contributed by atoms with E-state index in [-0.39, 0.29) is 6.54 Å². The van der Waals surface area contributed by atoms with Gasteiger partial charge in [0.1, 0.15) is 0 Å². The molecule has 2 N–H and O–H groups in total. The first kappa shape index (κ1) is 12.0. The summed E-state index contributed by atoms with van der Waals surface area (Å²) < 4.78 is 0.821. The number of rotatable bonds is 3. The molecule has 88 valence electrons. The van der Waals surface area contributed by atoms with Crippen molar-refractivity contribution >= 4 is 33.3 Å². The van der Waals surface area contributed by atoms with E-state index in [1.165, 1.54) is 4.90 Å². The van der Waals surface area contributed by atoms with Gasteiger partial charge in [0.25, 0.3) is 11.7 Å². The lowest BCUT2D eigenvalue weighted by Crippen LogP contribution is -2.32. The smallest absolute Gasteiger partial charge is 0.299 e. The van der Waals surface area contributed by atoms with Gasteiger partial charge in [-0.2, -0.15) is 0 Å². The maximum Gasteiger partial charge on any atom is 0.299 e. The van der Waals surface area contributed by atoms with E-state index in [2.05, 4.69) is 22.5 Å². The molecule has 5 heteroatoms. The van der Waals surface area contributed by atoms with Crippen LogP contribution in [0, 0.1) is 0 Å². The average Bonchev–Trinajstić information content (AvgIpc) is 2.54. The number of amides is 1. The van der Waals surface area contributed by atoms with Gasteiger partial charge in [-0.1, -0.05) is 22.5 Å². The van der Waals surface area contributed by atoms with Crippen LogP contribution in [0.5, 0.6) is 0 Å². The summed E-state index contributed by atoms with van der Waals surface area (Å²) in [7, 11) is 0. The number of Topliss-reactive ketones (excluding diaryl/α,β-unsaturated/α-hetero) is 1. The fraction of sp³-hybridized carbons (Fsp3) is 0.167. The quantitative estimate of drug-likeness (QED) is 0.679. The van der Waals surface area contributed by atoms with Crippen molar-refractivity contribution in [3.63, 3.8) is 0 Å². The highest BCUT2D eigenvalue weighted by Crippen LogP contribution is 2.31. The van der Waals surface area contributed by atoms with Gasteiger partial charge in [0, 0.05) is 17.6 Å². The van der Waals surface area contributed by atoms with Gasteiger partial charge in [0.05, 0.1) is 11.3 Å². The largest absolute Gasteiger partial charge is 0.327 e. The summed E-state index contributed by atoms with van der Waals surface area (Å²) >= 11 is 3.32. The van der Waals surface area contributed by atoms with Gasteiger partial charge in [-0.05, 0) is 23.8 Å². The van der Waals surface area contributed by atoms with E-state index in [9.17, 15) is 9.59 Å². The van der Waals surface area contributed by atoms with Crippen LogP contribution in [0.2, 0.25) is 0 Å². The monoisotopic (exact) mass is 294 g/mol. The highest BCUT2D eigenvalue weighted by Gasteiger charge is 2.35. The summed E-state index contributed by atoms with van der Waals surface area (Å²) in [6, 6.07) is 5.14. The highest BCUT2D eigenvalue weighted by atomic mass is 79.9. The molecule has 1 aliphatic rings. The molecule has 0 aliphatic carbocycles. The number of nitrogens with two attached hydrogens (primary N) is 1. The number of fused-ring (bicyclic) bond motifs is 1. The fourth-order valence-electron chi connectivity index (χ4n) is 1.71. The molecule has 0 radical (unpaired) electrons. The first-order valence-electron chi connectivity index (χ1n) is 5.07. The van der Waals surface area contributed by atoms with Crippen LogP contribution >= 0.6 is 15.9 Å². The van der Waals surface area contributed by atoms with Crippen LogP contribution < -0.4 is 10.6 Å². The second-order valence-corrected chi connectivity index (χ2v) is 4.75. The fourth-order valence-corrected chi connectivity index (χ4v) is 2.06. The van der Waals surface area contributed by atoms with Crippen LogP contribution in [0.25, 0.3) is 0 Å². The van der Waals surface area contributed by atoms with Crippen molar-refractivity contribution in [3.8, 4) is 0 Å². The predicted octanol–water partition coefficient (Wildman–Crippen LogP) is 1.49. The summed E-state index contributed by atoms with van der Waals surface area (Å²) in [4.78, 5) is 24.9. The summed E-state index contributed by atoms with van der Waals surface area (Å²) in [6.45, 7) is 4.32. The van der Waals surface area contributed by atoms with E-state index in [4.69, 9.17) is 5.73 Å². The van der Waals surface area contributed by atoms with E-state index in [0.29, 0.717) is 23.4 Å². The van der Waals surface area contributed by atoms with Crippen LogP contribution in [-0.4, -0.2) is 24.8 Å². The Morgan fingerprint density at radius 1 is 1.41 bits per heavy atom. The first-order chi connectivity index (χ1) is 8.04. The van der Waals surface area contributed by atoms with Crippen molar-refractivity contribution in [1.29, 1.82) is 0 Å². The lowest BCUT2D eigenvalue weighted by molar-refractivity contribution is -0.114. The zero-order valence-corrected chi connectivity index (χ0v) is 10.7. The second kappa shape index (κ2) is 4.43. The van der Waals surface area contributed by atoms with Gasteiger partial charge < -0.3 is 10.6 Å². The number of carbonyl (C=O) groups excluding carboxylic acids is 2. The normalized spacial score (nSPS) is 14.1. The third-order valence-electron chi connectivity index (χ3n) is 2.60. The van der Waals surface area contributed by atoms with Crippen molar-refractivity contribution in [2.75, 3.05) is 18.0 Å². The molecule has 0 saturated heterocycles. The number of benzene rings is 1. The van der Waals surface area contributed by atoms with Gasteiger partial charge >= 0.3 is 0 Å². The van der Waals surface area contributed by atoms with Crippen LogP contribution in [0.1, 0.15) is 10.4 Å². The molecular formula is C12H11BrN2O2. The Kier molecular flexibility index (Phi) is 3.13. The molecule has 1 aromatic carbocycles. The number of halogens is 1. The highest BCUT2D eigenvalue weighted by molar-refractivity contribution is 9.10. The summed E-state index contributed by atoms with van der Waals surface area (Å²) in [5.74, 6) is -0.995. The van der Waals surface area contributed by atoms with Gasteiger partial charge in [-0.25, -0.2) is 0 Å². The summed E-state index contributed by atoms with van der Waals surface area (Å²) in [5, 5.41) is 0. The standard InChI is InChI=1S/C12H11BrN2O2/c1-7(5-14)6-15-10-4-8(13)2-3-9(10)11(16)12(15)17/h2-4H,1,5-6,14H2. The molecule has 1 aromatic rings. The molecule has 0 atom stereocenters. The van der Waals surface area contributed by atoms with E-state index in [0.717, 1.165) is 4.47 Å². The Labute approximate surface area is 107 Å². The molecule has 0 spiro atoms. The molecule has 0 unspecified atom stereocenters. The van der Waals surface area contributed by atoms with Crippen molar-refractivity contribution < 1.29 is 9.59 Å². The van der Waals surface area contributed by atoms with E-state index >= 15 is 0 Å². The molecule has 1 heterocycles. The molecule has 4 nitrogen and oxygen atoms in total. The molecule has 0 bridgehead atoms. The topological polar surface area (TPSA) is 63.4 Å². The predicted molar refractivity (Wildman–Crippen MR) is 69.0 cm³/mol. The van der Waals surface area contributed by atoms with Gasteiger partial charge in [0.2, 0.25) is 0 Å². The number of nitrogens with zero attached hydrogens (tertiary/aromatic N) is 1. The second-order valence-electron chi connectivity index (χ2n) is 3.84. The maximum absolute atomic E-state index is 11.8. The minimum atomic E-state index is -0.521. The maximum atomic E-state index is 11.8. The molecular weight excluding hydrogens is 284 g/mol.